The standard InChI is InChI=1S/C31H30ClNO8S2/c1-2-21(18-31-33(14-6-15-39-42(34)35)27-20-24(32)10-12-29(27)41-31)17-30-25(13-16-43(36,37)38)26-19-23(9-11-28(26)40-30)22-7-4-3-5-8-22/h3-5,7-12,17-20H,2,6,13-16H2,1H3,(H,34,35)(H,36,37,38). The summed E-state index contributed by atoms with van der Waals surface area (Å²) in [4.78, 5) is 1.92. The summed E-state index contributed by atoms with van der Waals surface area (Å²) < 4.78 is 70.0. The van der Waals surface area contributed by atoms with Gasteiger partial charge in [-0.25, -0.2) is 0 Å². The predicted octanol–water partition coefficient (Wildman–Crippen LogP) is 7.26. The Balaban J connectivity index is 1.53. The van der Waals surface area contributed by atoms with E-state index in [1.54, 1.807) is 18.2 Å². The second-order valence-corrected chi connectivity index (χ2v) is 12.6. The average Bonchev–Trinajstić information content (AvgIpc) is 3.49. The van der Waals surface area contributed by atoms with E-state index in [1.165, 1.54) is 0 Å². The highest BCUT2D eigenvalue weighted by Crippen LogP contribution is 2.41. The van der Waals surface area contributed by atoms with E-state index in [4.69, 9.17) is 29.5 Å². The van der Waals surface area contributed by atoms with Gasteiger partial charge in [0.1, 0.15) is 11.3 Å². The van der Waals surface area contributed by atoms with E-state index in [-0.39, 0.29) is 13.0 Å². The maximum Gasteiger partial charge on any atom is 0.301 e. The molecule has 43 heavy (non-hydrogen) atoms. The first kappa shape index (κ1) is 31.0. The summed E-state index contributed by atoms with van der Waals surface area (Å²) in [5.74, 6) is 1.18. The third-order valence-electron chi connectivity index (χ3n) is 6.98. The van der Waals surface area contributed by atoms with Gasteiger partial charge in [0.05, 0.1) is 18.0 Å². The molecule has 0 saturated carbocycles. The third-order valence-corrected chi connectivity index (χ3v) is 8.30. The molecule has 2 N–H and O–H groups in total. The van der Waals surface area contributed by atoms with Crippen molar-refractivity contribution in [2.75, 3.05) is 23.8 Å². The summed E-state index contributed by atoms with van der Waals surface area (Å²) in [6.45, 7) is 2.48. The Kier molecular flexibility index (Phi) is 9.70. The summed E-state index contributed by atoms with van der Waals surface area (Å²) in [7, 11) is -4.22. The minimum Gasteiger partial charge on any atom is -0.456 e. The highest BCUT2D eigenvalue weighted by atomic mass is 35.5. The minimum atomic E-state index is -4.22. The van der Waals surface area contributed by atoms with Crippen LogP contribution in [0.1, 0.15) is 31.1 Å². The zero-order valence-corrected chi connectivity index (χ0v) is 25.6. The molecule has 1 atom stereocenters. The van der Waals surface area contributed by atoms with Gasteiger partial charge in [0, 0.05) is 28.6 Å². The number of ether oxygens (including phenoxy) is 1. The van der Waals surface area contributed by atoms with E-state index in [2.05, 4.69) is 0 Å². The number of fused-ring (bicyclic) bond motifs is 2. The first-order chi connectivity index (χ1) is 20.6. The summed E-state index contributed by atoms with van der Waals surface area (Å²) in [6, 6.07) is 20.9. The van der Waals surface area contributed by atoms with E-state index in [1.807, 2.05) is 72.5 Å². The lowest BCUT2D eigenvalue weighted by atomic mass is 10.0. The highest BCUT2D eigenvalue weighted by Gasteiger charge is 2.27. The van der Waals surface area contributed by atoms with Crippen molar-refractivity contribution in [1.82, 2.24) is 0 Å². The fraction of sp³-hybridized carbons (Fsp3) is 0.226. The first-order valence-electron chi connectivity index (χ1n) is 13.6. The Morgan fingerprint density at radius 3 is 2.60 bits per heavy atom. The Labute approximate surface area is 257 Å². The number of anilines is 1. The molecule has 5 rings (SSSR count). The minimum absolute atomic E-state index is 0.0578. The maximum atomic E-state index is 11.7. The van der Waals surface area contributed by atoms with Crippen molar-refractivity contribution in [2.45, 2.75) is 26.2 Å². The maximum absolute atomic E-state index is 11.7. The van der Waals surface area contributed by atoms with Crippen molar-refractivity contribution in [3.63, 3.8) is 0 Å². The number of furan rings is 1. The molecule has 2 heterocycles. The number of allylic oxidation sites excluding steroid dienone is 2. The molecule has 0 saturated heterocycles. The molecule has 12 heteroatoms. The molecule has 0 radical (unpaired) electrons. The number of benzene rings is 3. The Hall–Kier alpha value is -3.45. The zero-order valence-electron chi connectivity index (χ0n) is 23.2. The molecule has 226 valence electrons. The molecule has 0 fully saturated rings. The van der Waals surface area contributed by atoms with Gasteiger partial charge in [-0.2, -0.15) is 12.6 Å². The summed E-state index contributed by atoms with van der Waals surface area (Å²) >= 11 is 3.92. The molecule has 9 nitrogen and oxygen atoms in total. The first-order valence-corrected chi connectivity index (χ1v) is 16.6. The van der Waals surface area contributed by atoms with Gasteiger partial charge in [-0.3, -0.25) is 13.3 Å². The summed E-state index contributed by atoms with van der Waals surface area (Å²) in [5, 5.41) is 1.30. The molecule has 1 aromatic heterocycles. The topological polar surface area (TPSA) is 127 Å². The Morgan fingerprint density at radius 1 is 1.09 bits per heavy atom. The second kappa shape index (κ2) is 13.5. The van der Waals surface area contributed by atoms with Gasteiger partial charge in [-0.15, -0.1) is 0 Å². The quantitative estimate of drug-likeness (QED) is 0.0931. The van der Waals surface area contributed by atoms with Crippen LogP contribution in [0.3, 0.4) is 0 Å². The molecule has 0 bridgehead atoms. The van der Waals surface area contributed by atoms with Crippen molar-refractivity contribution in [2.24, 2.45) is 0 Å². The normalized spacial score (nSPS) is 15.2. The molecule has 0 amide bonds. The van der Waals surface area contributed by atoms with Crippen LogP contribution >= 0.6 is 11.6 Å². The van der Waals surface area contributed by atoms with E-state index in [0.29, 0.717) is 52.9 Å². The summed E-state index contributed by atoms with van der Waals surface area (Å²) in [6.07, 6.45) is 4.81. The molecular weight excluding hydrogens is 614 g/mol. The van der Waals surface area contributed by atoms with E-state index < -0.39 is 27.2 Å². The van der Waals surface area contributed by atoms with Crippen LogP contribution in [-0.2, 0) is 32.1 Å². The number of nitrogens with zero attached hydrogens (tertiary/aromatic N) is 1. The van der Waals surface area contributed by atoms with Gasteiger partial charge < -0.3 is 14.1 Å². The molecular formula is C31H30ClNO8S2. The van der Waals surface area contributed by atoms with Crippen LogP contribution in [0.4, 0.5) is 5.69 Å². The van der Waals surface area contributed by atoms with Crippen molar-refractivity contribution in [3.8, 4) is 16.9 Å². The lowest BCUT2D eigenvalue weighted by molar-refractivity contribution is 0.302. The van der Waals surface area contributed by atoms with E-state index in [9.17, 15) is 17.2 Å². The van der Waals surface area contributed by atoms with Crippen LogP contribution in [0, 0.1) is 0 Å². The highest BCUT2D eigenvalue weighted by molar-refractivity contribution is 7.85. The lowest BCUT2D eigenvalue weighted by Crippen LogP contribution is -2.23. The van der Waals surface area contributed by atoms with Gasteiger partial charge in [0.15, 0.2) is 5.75 Å². The van der Waals surface area contributed by atoms with Crippen molar-refractivity contribution in [3.05, 3.63) is 101 Å². The molecule has 4 aromatic rings. The van der Waals surface area contributed by atoms with Crippen LogP contribution in [0.25, 0.3) is 28.2 Å². The van der Waals surface area contributed by atoms with Crippen molar-refractivity contribution >= 4 is 55.8 Å². The number of rotatable bonds is 12. The Morgan fingerprint density at radius 2 is 1.88 bits per heavy atom. The zero-order chi connectivity index (χ0) is 30.6. The third kappa shape index (κ3) is 7.74. The van der Waals surface area contributed by atoms with Crippen LogP contribution in [-0.4, -0.2) is 40.6 Å². The van der Waals surface area contributed by atoms with E-state index >= 15 is 0 Å². The van der Waals surface area contributed by atoms with Crippen LogP contribution in [0.2, 0.25) is 5.02 Å². The van der Waals surface area contributed by atoms with Crippen LogP contribution in [0.15, 0.2) is 88.7 Å². The fourth-order valence-corrected chi connectivity index (χ4v) is 5.81. The van der Waals surface area contributed by atoms with Gasteiger partial charge >= 0.3 is 11.4 Å². The monoisotopic (exact) mass is 643 g/mol. The lowest BCUT2D eigenvalue weighted by Gasteiger charge is -2.18. The average molecular weight is 644 g/mol. The number of aryl methyl sites for hydroxylation is 1. The smallest absolute Gasteiger partial charge is 0.301 e. The van der Waals surface area contributed by atoms with Gasteiger partial charge in [0.25, 0.3) is 10.1 Å². The predicted molar refractivity (Wildman–Crippen MR) is 169 cm³/mol. The van der Waals surface area contributed by atoms with Crippen molar-refractivity contribution < 1.29 is 35.1 Å². The largest absolute Gasteiger partial charge is 0.456 e. The van der Waals surface area contributed by atoms with Gasteiger partial charge in [0.2, 0.25) is 5.88 Å². The molecule has 1 unspecified atom stereocenters. The van der Waals surface area contributed by atoms with Gasteiger partial charge in [-0.05, 0) is 72.4 Å². The van der Waals surface area contributed by atoms with Crippen LogP contribution in [0.5, 0.6) is 5.75 Å². The SMILES string of the molecule is CCC(=Cc1oc2ccc(-c3ccccc3)cc2c1CCS(=O)(=O)O)C=C1Oc2ccc(Cl)cc2N1CCCOS(=O)O. The fourth-order valence-electron chi connectivity index (χ4n) is 4.92. The molecule has 3 aromatic carbocycles. The molecule has 0 aliphatic carbocycles. The summed E-state index contributed by atoms with van der Waals surface area (Å²) in [5.41, 5.74) is 4.82. The van der Waals surface area contributed by atoms with Gasteiger partial charge in [-0.1, -0.05) is 54.9 Å². The second-order valence-electron chi connectivity index (χ2n) is 9.87. The molecule has 1 aliphatic rings. The van der Waals surface area contributed by atoms with Crippen molar-refractivity contribution in [1.29, 1.82) is 0 Å². The van der Waals surface area contributed by atoms with E-state index in [0.717, 1.165) is 27.8 Å². The molecule has 0 spiro atoms. The Bertz CT molecular complexity index is 1820. The number of hydrogen-bond acceptors (Lipinski definition) is 7. The number of hydrogen-bond donors (Lipinski definition) is 2. The van der Waals surface area contributed by atoms with Crippen LogP contribution < -0.4 is 9.64 Å². The molecule has 1 aliphatic heterocycles. The number of halogens is 1.